The van der Waals surface area contributed by atoms with Gasteiger partial charge in [0.05, 0.1) is 6.54 Å². The quantitative estimate of drug-likeness (QED) is 0.740. The molecule has 2 N–H and O–H groups in total. The van der Waals surface area contributed by atoms with E-state index in [-0.39, 0.29) is 15.1 Å². The van der Waals surface area contributed by atoms with Crippen LogP contribution in [0.4, 0.5) is 0 Å². The van der Waals surface area contributed by atoms with Gasteiger partial charge in [-0.05, 0) is 48.7 Å². The Hall–Kier alpha value is -0.370. The molecular weight excluding hydrogens is 332 g/mol. The molecule has 0 aromatic carbocycles. The molecule has 1 aliphatic rings. The standard InChI is InChI=1S/C12H19BrN2O3S/c1-3-6-14-8-9-7-10(11(13)18-9)19(16,17)15-12(2)4-5-12/h7,14-15H,3-6,8H2,1-2H3. The molecule has 0 bridgehead atoms. The van der Waals surface area contributed by atoms with Crippen LogP contribution in [0.1, 0.15) is 38.9 Å². The summed E-state index contributed by atoms with van der Waals surface area (Å²) < 4.78 is 32.8. The molecule has 0 amide bonds. The molecule has 7 heteroatoms. The second kappa shape index (κ2) is 5.55. The van der Waals surface area contributed by atoms with Crippen molar-refractivity contribution in [3.05, 3.63) is 16.5 Å². The third-order valence-corrected chi connectivity index (χ3v) is 5.60. The van der Waals surface area contributed by atoms with Crippen molar-refractivity contribution in [1.29, 1.82) is 0 Å². The Morgan fingerprint density at radius 1 is 1.47 bits per heavy atom. The molecule has 108 valence electrons. The van der Waals surface area contributed by atoms with E-state index < -0.39 is 10.0 Å². The molecule has 5 nitrogen and oxygen atoms in total. The molecule has 1 aromatic rings. The highest BCUT2D eigenvalue weighted by atomic mass is 79.9. The number of halogens is 1. The van der Waals surface area contributed by atoms with E-state index in [9.17, 15) is 8.42 Å². The van der Waals surface area contributed by atoms with Gasteiger partial charge in [0.15, 0.2) is 4.67 Å². The van der Waals surface area contributed by atoms with Crippen molar-refractivity contribution in [2.75, 3.05) is 6.54 Å². The van der Waals surface area contributed by atoms with Gasteiger partial charge in [0.25, 0.3) is 0 Å². The fourth-order valence-corrected chi connectivity index (χ4v) is 4.19. The fourth-order valence-electron chi connectivity index (χ4n) is 1.73. The minimum absolute atomic E-state index is 0.175. The molecule has 1 saturated carbocycles. The predicted molar refractivity (Wildman–Crippen MR) is 76.4 cm³/mol. The Morgan fingerprint density at radius 2 is 2.16 bits per heavy atom. The van der Waals surface area contributed by atoms with E-state index in [2.05, 4.69) is 32.9 Å². The number of hydrogen-bond acceptors (Lipinski definition) is 4. The maximum absolute atomic E-state index is 12.2. The molecule has 1 heterocycles. The Morgan fingerprint density at radius 3 is 2.74 bits per heavy atom. The molecule has 0 aliphatic heterocycles. The summed E-state index contributed by atoms with van der Waals surface area (Å²) in [5, 5.41) is 3.17. The molecule has 1 aliphatic carbocycles. The Labute approximate surface area is 122 Å². The van der Waals surface area contributed by atoms with Gasteiger partial charge in [0.2, 0.25) is 10.0 Å². The van der Waals surface area contributed by atoms with E-state index in [1.807, 2.05) is 6.92 Å². The van der Waals surface area contributed by atoms with Crippen molar-refractivity contribution in [1.82, 2.24) is 10.0 Å². The molecule has 0 unspecified atom stereocenters. The number of furan rings is 1. The van der Waals surface area contributed by atoms with Gasteiger partial charge < -0.3 is 9.73 Å². The molecule has 1 aromatic heterocycles. The zero-order valence-corrected chi connectivity index (χ0v) is 13.5. The lowest BCUT2D eigenvalue weighted by Crippen LogP contribution is -2.34. The third kappa shape index (κ3) is 3.81. The fraction of sp³-hybridized carbons (Fsp3) is 0.667. The Balaban J connectivity index is 2.11. The number of sulfonamides is 1. The smallest absolute Gasteiger partial charge is 0.245 e. The maximum atomic E-state index is 12.2. The highest BCUT2D eigenvalue weighted by molar-refractivity contribution is 9.10. The van der Waals surface area contributed by atoms with Crippen molar-refractivity contribution in [3.8, 4) is 0 Å². The van der Waals surface area contributed by atoms with Gasteiger partial charge in [-0.1, -0.05) is 6.92 Å². The highest BCUT2D eigenvalue weighted by Gasteiger charge is 2.42. The topological polar surface area (TPSA) is 71.3 Å². The average Bonchev–Trinajstić information content (AvgIpc) is 2.87. The maximum Gasteiger partial charge on any atom is 0.245 e. The Bertz CT molecular complexity index is 549. The first-order chi connectivity index (χ1) is 8.86. The number of hydrogen-bond donors (Lipinski definition) is 2. The minimum atomic E-state index is -3.51. The first-order valence-corrected chi connectivity index (χ1v) is 8.67. The van der Waals surface area contributed by atoms with E-state index in [1.165, 1.54) is 0 Å². The number of rotatable bonds is 7. The second-order valence-electron chi connectivity index (χ2n) is 5.19. The first-order valence-electron chi connectivity index (χ1n) is 6.39. The molecule has 0 atom stereocenters. The lowest BCUT2D eigenvalue weighted by molar-refractivity contribution is 0.460. The zero-order chi connectivity index (χ0) is 14.1. The van der Waals surface area contributed by atoms with E-state index >= 15 is 0 Å². The SMILES string of the molecule is CCCNCc1cc(S(=O)(=O)NC2(C)CC2)c(Br)o1. The predicted octanol–water partition coefficient (Wildman–Crippen LogP) is 2.37. The van der Waals surface area contributed by atoms with Gasteiger partial charge in [-0.15, -0.1) is 0 Å². The summed E-state index contributed by atoms with van der Waals surface area (Å²) in [6, 6.07) is 1.57. The van der Waals surface area contributed by atoms with Crippen LogP contribution in [0.5, 0.6) is 0 Å². The van der Waals surface area contributed by atoms with E-state index in [4.69, 9.17) is 4.42 Å². The van der Waals surface area contributed by atoms with Crippen molar-refractivity contribution in [2.45, 2.75) is 50.1 Å². The van der Waals surface area contributed by atoms with Crippen LogP contribution in [0.2, 0.25) is 0 Å². The summed E-state index contributed by atoms with van der Waals surface area (Å²) in [5.41, 5.74) is -0.282. The van der Waals surface area contributed by atoms with Gasteiger partial charge in [-0.3, -0.25) is 0 Å². The van der Waals surface area contributed by atoms with Crippen LogP contribution in [-0.2, 0) is 16.6 Å². The normalized spacial score (nSPS) is 17.6. The van der Waals surface area contributed by atoms with Crippen LogP contribution < -0.4 is 10.0 Å². The van der Waals surface area contributed by atoms with Crippen LogP contribution in [0.25, 0.3) is 0 Å². The lowest BCUT2D eigenvalue weighted by Gasteiger charge is -2.10. The Kier molecular flexibility index (Phi) is 4.39. The van der Waals surface area contributed by atoms with Crippen molar-refractivity contribution >= 4 is 26.0 Å². The lowest BCUT2D eigenvalue weighted by atomic mass is 10.4. The van der Waals surface area contributed by atoms with E-state index in [1.54, 1.807) is 6.07 Å². The number of nitrogens with one attached hydrogen (secondary N) is 2. The third-order valence-electron chi connectivity index (χ3n) is 3.10. The second-order valence-corrected chi connectivity index (χ2v) is 7.56. The summed E-state index contributed by atoms with van der Waals surface area (Å²) in [5.74, 6) is 0.613. The molecule has 0 radical (unpaired) electrons. The average molecular weight is 351 g/mol. The summed E-state index contributed by atoms with van der Waals surface area (Å²) in [6.45, 7) is 5.37. The van der Waals surface area contributed by atoms with Crippen LogP contribution in [-0.4, -0.2) is 20.5 Å². The molecule has 2 rings (SSSR count). The molecule has 1 fully saturated rings. The van der Waals surface area contributed by atoms with E-state index in [0.717, 1.165) is 25.8 Å². The van der Waals surface area contributed by atoms with Crippen LogP contribution in [0, 0.1) is 0 Å². The summed E-state index contributed by atoms with van der Waals surface area (Å²) in [6.07, 6.45) is 2.78. The molecular formula is C12H19BrN2O3S. The molecule has 0 spiro atoms. The van der Waals surface area contributed by atoms with E-state index in [0.29, 0.717) is 12.3 Å². The van der Waals surface area contributed by atoms with Gasteiger partial charge in [0, 0.05) is 11.6 Å². The molecule has 0 saturated heterocycles. The highest BCUT2D eigenvalue weighted by Crippen LogP contribution is 2.37. The van der Waals surface area contributed by atoms with Crippen LogP contribution in [0.3, 0.4) is 0 Å². The monoisotopic (exact) mass is 350 g/mol. The van der Waals surface area contributed by atoms with Gasteiger partial charge >= 0.3 is 0 Å². The van der Waals surface area contributed by atoms with Crippen molar-refractivity contribution in [3.63, 3.8) is 0 Å². The van der Waals surface area contributed by atoms with Gasteiger partial charge in [-0.25, -0.2) is 13.1 Å². The first kappa shape index (κ1) is 15.0. The minimum Gasteiger partial charge on any atom is -0.452 e. The summed E-state index contributed by atoms with van der Waals surface area (Å²) in [7, 11) is -3.51. The largest absolute Gasteiger partial charge is 0.452 e. The molecule has 19 heavy (non-hydrogen) atoms. The van der Waals surface area contributed by atoms with Crippen LogP contribution in [0.15, 0.2) is 20.0 Å². The zero-order valence-electron chi connectivity index (χ0n) is 11.1. The summed E-state index contributed by atoms with van der Waals surface area (Å²) in [4.78, 5) is 0.175. The van der Waals surface area contributed by atoms with Gasteiger partial charge in [-0.2, -0.15) is 0 Å². The van der Waals surface area contributed by atoms with Gasteiger partial charge in [0.1, 0.15) is 10.7 Å². The summed E-state index contributed by atoms with van der Waals surface area (Å²) >= 11 is 3.18. The van der Waals surface area contributed by atoms with Crippen molar-refractivity contribution < 1.29 is 12.8 Å². The van der Waals surface area contributed by atoms with Crippen LogP contribution >= 0.6 is 15.9 Å². The van der Waals surface area contributed by atoms with Crippen molar-refractivity contribution in [2.24, 2.45) is 0 Å².